The molecule has 0 bridgehead atoms. The summed E-state index contributed by atoms with van der Waals surface area (Å²) in [5.41, 5.74) is 0.509. The molecule has 2 amide bonds. The fourth-order valence-corrected chi connectivity index (χ4v) is 4.70. The molecule has 1 atom stereocenters. The lowest BCUT2D eigenvalue weighted by atomic mass is 10.1. The molecule has 0 spiro atoms. The van der Waals surface area contributed by atoms with Crippen LogP contribution in [0.5, 0.6) is 0 Å². The Labute approximate surface area is 156 Å². The van der Waals surface area contributed by atoms with Crippen LogP contribution in [0.2, 0.25) is 0 Å². The molecule has 24 heavy (non-hydrogen) atoms. The number of hydrogen-bond acceptors (Lipinski definition) is 6. The summed E-state index contributed by atoms with van der Waals surface area (Å²) in [5, 5.41) is 3.36. The van der Waals surface area contributed by atoms with Gasteiger partial charge in [-0.1, -0.05) is 6.92 Å². The molecule has 1 aliphatic rings. The standard InChI is InChI=1S/C15H16BrN3O3S2/c1-3-11-9(4-12(16)22-11)14(21)19-7-23-6-10(19)13(20)18-15-17-5-8(2)24-15/h4-5,10H,3,6-7H2,1-2H3,(H,17,18,20). The van der Waals surface area contributed by atoms with Gasteiger partial charge in [-0.05, 0) is 22.9 Å². The molecule has 2 aromatic heterocycles. The first kappa shape index (κ1) is 17.5. The lowest BCUT2D eigenvalue weighted by Gasteiger charge is -2.22. The van der Waals surface area contributed by atoms with Crippen LogP contribution in [0.3, 0.4) is 0 Å². The van der Waals surface area contributed by atoms with Crippen LogP contribution in [-0.4, -0.2) is 39.4 Å². The summed E-state index contributed by atoms with van der Waals surface area (Å²) in [4.78, 5) is 32.2. The molecule has 6 nitrogen and oxygen atoms in total. The minimum atomic E-state index is -0.509. The summed E-state index contributed by atoms with van der Waals surface area (Å²) in [5.74, 6) is 1.30. The predicted molar refractivity (Wildman–Crippen MR) is 98.5 cm³/mol. The second-order valence-electron chi connectivity index (χ2n) is 5.30. The summed E-state index contributed by atoms with van der Waals surface area (Å²) >= 11 is 6.24. The van der Waals surface area contributed by atoms with Crippen LogP contribution < -0.4 is 5.32 Å². The highest BCUT2D eigenvalue weighted by Crippen LogP contribution is 2.28. The van der Waals surface area contributed by atoms with Gasteiger partial charge in [-0.2, -0.15) is 0 Å². The van der Waals surface area contributed by atoms with E-state index in [0.29, 0.717) is 39.2 Å². The SMILES string of the molecule is CCc1oc(Br)cc1C(=O)N1CSCC1C(=O)Nc1ncc(C)s1. The van der Waals surface area contributed by atoms with Crippen LogP contribution in [0.15, 0.2) is 21.3 Å². The molecular formula is C15H16BrN3O3S2. The van der Waals surface area contributed by atoms with Crippen molar-refractivity contribution in [3.63, 3.8) is 0 Å². The minimum absolute atomic E-state index is 0.179. The van der Waals surface area contributed by atoms with E-state index >= 15 is 0 Å². The number of furan rings is 1. The molecule has 1 N–H and O–H groups in total. The van der Waals surface area contributed by atoms with Crippen molar-refractivity contribution in [2.75, 3.05) is 16.9 Å². The summed E-state index contributed by atoms with van der Waals surface area (Å²) in [6.45, 7) is 3.85. The first-order valence-electron chi connectivity index (χ1n) is 7.39. The quantitative estimate of drug-likeness (QED) is 0.804. The molecule has 1 saturated heterocycles. The number of nitrogens with one attached hydrogen (secondary N) is 1. The van der Waals surface area contributed by atoms with Crippen LogP contribution in [0.4, 0.5) is 5.13 Å². The fraction of sp³-hybridized carbons (Fsp3) is 0.400. The van der Waals surface area contributed by atoms with E-state index in [2.05, 4.69) is 26.2 Å². The van der Waals surface area contributed by atoms with Crippen LogP contribution in [0.25, 0.3) is 0 Å². The molecule has 1 aliphatic heterocycles. The Bertz CT molecular complexity index is 774. The van der Waals surface area contributed by atoms with Gasteiger partial charge in [0.25, 0.3) is 5.91 Å². The van der Waals surface area contributed by atoms with Gasteiger partial charge >= 0.3 is 0 Å². The van der Waals surface area contributed by atoms with Crippen molar-refractivity contribution >= 4 is 56.0 Å². The second kappa shape index (κ2) is 7.28. The number of hydrogen-bond donors (Lipinski definition) is 1. The summed E-state index contributed by atoms with van der Waals surface area (Å²) in [6.07, 6.45) is 2.33. The minimum Gasteiger partial charge on any atom is -0.454 e. The third kappa shape index (κ3) is 3.52. The summed E-state index contributed by atoms with van der Waals surface area (Å²) in [6, 6.07) is 1.16. The first-order chi connectivity index (χ1) is 11.5. The summed E-state index contributed by atoms with van der Waals surface area (Å²) < 4.78 is 6.01. The van der Waals surface area contributed by atoms with Gasteiger partial charge in [0.05, 0.1) is 11.4 Å². The number of aromatic nitrogens is 1. The maximum absolute atomic E-state index is 12.9. The van der Waals surface area contributed by atoms with Gasteiger partial charge in [0.15, 0.2) is 9.80 Å². The first-order valence-corrected chi connectivity index (χ1v) is 10.2. The average molecular weight is 430 g/mol. The third-order valence-electron chi connectivity index (χ3n) is 3.63. The Balaban J connectivity index is 1.77. The van der Waals surface area contributed by atoms with Gasteiger partial charge in [0.1, 0.15) is 11.8 Å². The van der Waals surface area contributed by atoms with Crippen molar-refractivity contribution in [2.24, 2.45) is 0 Å². The van der Waals surface area contributed by atoms with Crippen molar-refractivity contribution in [3.8, 4) is 0 Å². The molecule has 1 fully saturated rings. The third-order valence-corrected chi connectivity index (χ3v) is 5.86. The Morgan fingerprint density at radius 1 is 1.54 bits per heavy atom. The second-order valence-corrected chi connectivity index (χ2v) is 8.31. The van der Waals surface area contributed by atoms with E-state index in [1.54, 1.807) is 28.9 Å². The van der Waals surface area contributed by atoms with E-state index in [1.165, 1.54) is 11.3 Å². The number of rotatable bonds is 4. The molecule has 0 radical (unpaired) electrons. The van der Waals surface area contributed by atoms with Gasteiger partial charge in [-0.15, -0.1) is 23.1 Å². The highest BCUT2D eigenvalue weighted by molar-refractivity contribution is 9.10. The largest absolute Gasteiger partial charge is 0.454 e. The van der Waals surface area contributed by atoms with E-state index < -0.39 is 6.04 Å². The molecule has 9 heteroatoms. The van der Waals surface area contributed by atoms with Crippen molar-refractivity contribution < 1.29 is 14.0 Å². The fourth-order valence-electron chi connectivity index (χ4n) is 2.46. The lowest BCUT2D eigenvalue weighted by molar-refractivity contribution is -0.119. The average Bonchev–Trinajstić information content (AvgIpc) is 3.26. The van der Waals surface area contributed by atoms with E-state index in [4.69, 9.17) is 4.42 Å². The molecular weight excluding hydrogens is 414 g/mol. The van der Waals surface area contributed by atoms with E-state index in [-0.39, 0.29) is 11.8 Å². The van der Waals surface area contributed by atoms with Crippen molar-refractivity contribution in [1.29, 1.82) is 0 Å². The topological polar surface area (TPSA) is 75.4 Å². The normalized spacial score (nSPS) is 17.3. The number of carbonyl (C=O) groups excluding carboxylic acids is 2. The van der Waals surface area contributed by atoms with E-state index in [1.807, 2.05) is 13.8 Å². The number of aryl methyl sites for hydroxylation is 2. The smallest absolute Gasteiger partial charge is 0.258 e. The zero-order chi connectivity index (χ0) is 17.3. The molecule has 0 aromatic carbocycles. The Hall–Kier alpha value is -1.32. The molecule has 128 valence electrons. The van der Waals surface area contributed by atoms with Gasteiger partial charge in [0, 0.05) is 29.3 Å². The highest BCUT2D eigenvalue weighted by Gasteiger charge is 2.36. The zero-order valence-electron chi connectivity index (χ0n) is 13.2. The number of halogens is 1. The molecule has 3 heterocycles. The van der Waals surface area contributed by atoms with Gasteiger partial charge in [-0.3, -0.25) is 9.59 Å². The van der Waals surface area contributed by atoms with Crippen molar-refractivity contribution in [2.45, 2.75) is 26.3 Å². The van der Waals surface area contributed by atoms with E-state index in [9.17, 15) is 9.59 Å². The summed E-state index contributed by atoms with van der Waals surface area (Å²) in [7, 11) is 0. The Kier molecular flexibility index (Phi) is 5.31. The lowest BCUT2D eigenvalue weighted by Crippen LogP contribution is -2.44. The maximum Gasteiger partial charge on any atom is 0.258 e. The van der Waals surface area contributed by atoms with Crippen LogP contribution in [0.1, 0.15) is 27.9 Å². The number of thioether (sulfide) groups is 1. The Morgan fingerprint density at radius 2 is 2.33 bits per heavy atom. The number of nitrogens with zero attached hydrogens (tertiary/aromatic N) is 2. The number of amides is 2. The molecule has 3 rings (SSSR count). The van der Waals surface area contributed by atoms with Gasteiger partial charge in [0.2, 0.25) is 5.91 Å². The number of anilines is 1. The van der Waals surface area contributed by atoms with Crippen molar-refractivity contribution in [1.82, 2.24) is 9.88 Å². The molecule has 0 saturated carbocycles. The molecule has 1 unspecified atom stereocenters. The zero-order valence-corrected chi connectivity index (χ0v) is 16.4. The van der Waals surface area contributed by atoms with E-state index in [0.717, 1.165) is 4.88 Å². The number of carbonyl (C=O) groups is 2. The van der Waals surface area contributed by atoms with Gasteiger partial charge < -0.3 is 14.6 Å². The molecule has 0 aliphatic carbocycles. The predicted octanol–water partition coefficient (Wildman–Crippen LogP) is 3.52. The van der Waals surface area contributed by atoms with Crippen LogP contribution in [-0.2, 0) is 11.2 Å². The van der Waals surface area contributed by atoms with Crippen LogP contribution >= 0.6 is 39.0 Å². The maximum atomic E-state index is 12.9. The van der Waals surface area contributed by atoms with Crippen LogP contribution in [0, 0.1) is 6.92 Å². The van der Waals surface area contributed by atoms with Gasteiger partial charge in [-0.25, -0.2) is 4.98 Å². The highest BCUT2D eigenvalue weighted by atomic mass is 79.9. The molecule has 2 aromatic rings. The Morgan fingerprint density at radius 3 is 3.00 bits per heavy atom. The van der Waals surface area contributed by atoms with Crippen molar-refractivity contribution in [3.05, 3.63) is 33.1 Å². The monoisotopic (exact) mass is 429 g/mol. The number of thiazole rings is 1.